The van der Waals surface area contributed by atoms with Gasteiger partial charge in [0.2, 0.25) is 11.0 Å². The molecule has 182 valence electrons. The summed E-state index contributed by atoms with van der Waals surface area (Å²) in [5.74, 6) is -1.97. The molecule has 12 nitrogen and oxygen atoms in total. The number of anilines is 3. The zero-order valence-corrected chi connectivity index (χ0v) is 18.9. The van der Waals surface area contributed by atoms with E-state index in [1.807, 2.05) is 0 Å². The van der Waals surface area contributed by atoms with E-state index in [-0.39, 0.29) is 56.6 Å². The van der Waals surface area contributed by atoms with Crippen LogP contribution in [0.3, 0.4) is 0 Å². The van der Waals surface area contributed by atoms with Crippen molar-refractivity contribution >= 4 is 45.9 Å². The third kappa shape index (κ3) is 5.31. The molecular formula is C19H22F2N8O4S. The van der Waals surface area contributed by atoms with Gasteiger partial charge in [-0.05, 0) is 0 Å². The Morgan fingerprint density at radius 1 is 1.26 bits per heavy atom. The maximum Gasteiger partial charge on any atom is 0.414 e. The van der Waals surface area contributed by atoms with E-state index in [4.69, 9.17) is 4.74 Å². The van der Waals surface area contributed by atoms with Crippen molar-refractivity contribution in [3.05, 3.63) is 29.3 Å². The van der Waals surface area contributed by atoms with Gasteiger partial charge in [-0.3, -0.25) is 20.0 Å². The summed E-state index contributed by atoms with van der Waals surface area (Å²) in [6.45, 7) is 2.28. The summed E-state index contributed by atoms with van der Waals surface area (Å²) in [6, 6.07) is 1.67. The van der Waals surface area contributed by atoms with Crippen molar-refractivity contribution in [2.24, 2.45) is 0 Å². The number of hydrogen-bond acceptors (Lipinski definition) is 9. The number of cyclic esters (lactones) is 1. The highest BCUT2D eigenvalue weighted by Crippen LogP contribution is 2.31. The summed E-state index contributed by atoms with van der Waals surface area (Å²) < 4.78 is 35.2. The molecule has 0 saturated carbocycles. The van der Waals surface area contributed by atoms with E-state index in [1.54, 1.807) is 0 Å². The van der Waals surface area contributed by atoms with Gasteiger partial charge in [-0.1, -0.05) is 11.3 Å². The van der Waals surface area contributed by atoms with Crippen LogP contribution in [0.25, 0.3) is 0 Å². The lowest BCUT2D eigenvalue weighted by atomic mass is 10.2. The van der Waals surface area contributed by atoms with E-state index in [1.165, 1.54) is 22.3 Å². The van der Waals surface area contributed by atoms with Gasteiger partial charge in [0.15, 0.2) is 11.6 Å². The third-order valence-corrected chi connectivity index (χ3v) is 5.79. The highest BCUT2D eigenvalue weighted by molar-refractivity contribution is 7.13. The molecule has 1 aromatic heterocycles. The fourth-order valence-electron chi connectivity index (χ4n) is 3.62. The summed E-state index contributed by atoms with van der Waals surface area (Å²) >= 11 is 1.16. The number of ether oxygens (including phenoxy) is 1. The van der Waals surface area contributed by atoms with E-state index in [9.17, 15) is 14.4 Å². The second-order valence-electron chi connectivity index (χ2n) is 7.53. The minimum atomic E-state index is -0.847. The van der Waals surface area contributed by atoms with Crippen LogP contribution >= 0.6 is 11.3 Å². The van der Waals surface area contributed by atoms with Gasteiger partial charge in [-0.15, -0.1) is 10.2 Å². The molecule has 0 aliphatic carbocycles. The van der Waals surface area contributed by atoms with Crippen LogP contribution in [-0.2, 0) is 9.53 Å². The quantitative estimate of drug-likeness (QED) is 0.562. The van der Waals surface area contributed by atoms with Crippen molar-refractivity contribution < 1.29 is 27.9 Å². The Balaban J connectivity index is 1.42. The van der Waals surface area contributed by atoms with Crippen LogP contribution in [0, 0.1) is 11.6 Å². The van der Waals surface area contributed by atoms with E-state index < -0.39 is 29.9 Å². The van der Waals surface area contributed by atoms with E-state index in [0.717, 1.165) is 28.4 Å². The highest BCUT2D eigenvalue weighted by Gasteiger charge is 2.34. The molecular weight excluding hydrogens is 474 g/mol. The van der Waals surface area contributed by atoms with Gasteiger partial charge in [0, 0.05) is 38.7 Å². The molecule has 4 rings (SSSR count). The van der Waals surface area contributed by atoms with Crippen LogP contribution in [0.1, 0.15) is 6.92 Å². The van der Waals surface area contributed by atoms with Gasteiger partial charge < -0.3 is 15.0 Å². The molecule has 2 aromatic rings. The molecule has 1 atom stereocenters. The van der Waals surface area contributed by atoms with Gasteiger partial charge >= 0.3 is 12.1 Å². The zero-order chi connectivity index (χ0) is 24.2. The smallest absolute Gasteiger partial charge is 0.414 e. The first kappa shape index (κ1) is 23.6. The Bertz CT molecular complexity index is 1050. The number of rotatable bonds is 5. The molecule has 0 radical (unpaired) electrons. The van der Waals surface area contributed by atoms with Gasteiger partial charge in [0.25, 0.3) is 0 Å². The normalized spacial score (nSPS) is 18.5. The first-order valence-corrected chi connectivity index (χ1v) is 11.2. The summed E-state index contributed by atoms with van der Waals surface area (Å²) in [5.41, 5.74) is 4.15. The molecule has 4 amide bonds. The zero-order valence-electron chi connectivity index (χ0n) is 18.1. The first-order valence-electron chi connectivity index (χ1n) is 10.4. The number of aromatic nitrogens is 2. The van der Waals surface area contributed by atoms with Crippen LogP contribution in [0.5, 0.6) is 0 Å². The molecule has 2 aliphatic heterocycles. The third-order valence-electron chi connectivity index (χ3n) is 5.18. The Morgan fingerprint density at radius 2 is 2.03 bits per heavy atom. The van der Waals surface area contributed by atoms with E-state index in [2.05, 4.69) is 26.3 Å². The van der Waals surface area contributed by atoms with Crippen molar-refractivity contribution in [2.45, 2.75) is 13.0 Å². The predicted octanol–water partition coefficient (Wildman–Crippen LogP) is 1.14. The van der Waals surface area contributed by atoms with Crippen molar-refractivity contribution in [3.8, 4) is 0 Å². The van der Waals surface area contributed by atoms with Gasteiger partial charge in [-0.2, -0.15) is 0 Å². The standard InChI is InChI=1S/C19H22F2N8O4S/c1-11(30)22-8-13-9-28(19(32)33-13)12-6-14(20)16(15(21)7-12)27-3-2-24-29(5-4-27)18(31)25-17-26-23-10-34-17/h6-7,10,13,24H,2-5,8-9H2,1H3,(H,22,30)(H,25,26,31)/t13-/m0/s1. The monoisotopic (exact) mass is 496 g/mol. The average molecular weight is 497 g/mol. The minimum Gasteiger partial charge on any atom is -0.442 e. The molecule has 3 N–H and O–H groups in total. The largest absolute Gasteiger partial charge is 0.442 e. The number of benzene rings is 1. The molecule has 2 aliphatic rings. The Hall–Kier alpha value is -3.59. The second-order valence-corrected chi connectivity index (χ2v) is 8.37. The minimum absolute atomic E-state index is 0.0140. The Morgan fingerprint density at radius 3 is 2.71 bits per heavy atom. The lowest BCUT2D eigenvalue weighted by Crippen LogP contribution is -2.46. The molecule has 1 aromatic carbocycles. The number of amides is 4. The number of carbonyl (C=O) groups is 3. The number of nitrogens with one attached hydrogen (secondary N) is 3. The number of hydrogen-bond donors (Lipinski definition) is 3. The van der Waals surface area contributed by atoms with Crippen molar-refractivity contribution in [3.63, 3.8) is 0 Å². The summed E-state index contributed by atoms with van der Waals surface area (Å²) in [5, 5.41) is 14.2. The van der Waals surface area contributed by atoms with Crippen molar-refractivity contribution in [1.82, 2.24) is 25.9 Å². The average Bonchev–Trinajstić information content (AvgIpc) is 3.35. The lowest BCUT2D eigenvalue weighted by Gasteiger charge is -2.25. The summed E-state index contributed by atoms with van der Waals surface area (Å²) in [7, 11) is 0. The Kier molecular flexibility index (Phi) is 7.02. The van der Waals surface area contributed by atoms with E-state index >= 15 is 8.78 Å². The number of nitrogens with zero attached hydrogens (tertiary/aromatic N) is 5. The number of carbonyl (C=O) groups excluding carboxylic acids is 3. The second kappa shape index (κ2) is 10.1. The number of hydrazine groups is 1. The fraction of sp³-hybridized carbons (Fsp3) is 0.421. The van der Waals surface area contributed by atoms with Gasteiger partial charge in [-0.25, -0.2) is 23.8 Å². The molecule has 2 saturated heterocycles. The topological polar surface area (TPSA) is 132 Å². The SMILES string of the molecule is CC(=O)NC[C@H]1CN(c2cc(F)c(N3CCNN(C(=O)Nc4nncs4)CC3)c(F)c2)C(=O)O1. The Labute approximate surface area is 196 Å². The highest BCUT2D eigenvalue weighted by atomic mass is 32.1. The van der Waals surface area contributed by atoms with Crippen molar-refractivity contribution in [1.29, 1.82) is 0 Å². The number of halogens is 2. The molecule has 3 heterocycles. The maximum atomic E-state index is 15.0. The van der Waals surface area contributed by atoms with Crippen LogP contribution in [0.4, 0.5) is 34.9 Å². The predicted molar refractivity (Wildman–Crippen MR) is 119 cm³/mol. The van der Waals surface area contributed by atoms with Crippen LogP contribution < -0.4 is 25.9 Å². The summed E-state index contributed by atoms with van der Waals surface area (Å²) in [6.07, 6.45) is -1.38. The van der Waals surface area contributed by atoms with Crippen LogP contribution in [-0.4, -0.2) is 78.6 Å². The fourth-order valence-corrected chi connectivity index (χ4v) is 4.06. The van der Waals surface area contributed by atoms with E-state index in [0.29, 0.717) is 5.13 Å². The molecule has 34 heavy (non-hydrogen) atoms. The molecule has 15 heteroatoms. The number of urea groups is 1. The van der Waals surface area contributed by atoms with Crippen molar-refractivity contribution in [2.75, 3.05) is 54.4 Å². The maximum absolute atomic E-state index is 15.0. The molecule has 0 bridgehead atoms. The lowest BCUT2D eigenvalue weighted by molar-refractivity contribution is -0.119. The summed E-state index contributed by atoms with van der Waals surface area (Å²) in [4.78, 5) is 38.2. The van der Waals surface area contributed by atoms with Crippen LogP contribution in [0.15, 0.2) is 17.6 Å². The van der Waals surface area contributed by atoms with Gasteiger partial charge in [0.05, 0.1) is 25.3 Å². The first-order chi connectivity index (χ1) is 16.3. The molecule has 0 unspecified atom stereocenters. The van der Waals surface area contributed by atoms with Gasteiger partial charge in [0.1, 0.15) is 17.3 Å². The van der Waals surface area contributed by atoms with Crippen LogP contribution in [0.2, 0.25) is 0 Å². The molecule has 2 fully saturated rings. The molecule has 0 spiro atoms.